The molecule has 0 spiro atoms. The maximum absolute atomic E-state index is 5.87. The molecule has 0 bridgehead atoms. The molecule has 1 aromatic rings. The average Bonchev–Trinajstić information content (AvgIpc) is 2.35. The summed E-state index contributed by atoms with van der Waals surface area (Å²) < 4.78 is 0. The summed E-state index contributed by atoms with van der Waals surface area (Å²) in [4.78, 5) is 0. The standard InChI is InChI=1S/C17H19B/c1-3-4-5-14-8-9-16-12-17(18)11-10-15(16)7-6-13(14)2/h3-5,10-12H,1,6-9H2,2H3/b5-4-,14-13-. The molecule has 0 unspecified atom stereocenters. The average molecular weight is 234 g/mol. The Morgan fingerprint density at radius 1 is 1.11 bits per heavy atom. The molecule has 0 amide bonds. The second-order valence-corrected chi connectivity index (χ2v) is 4.93. The van der Waals surface area contributed by atoms with Crippen LogP contribution in [0.15, 0.2) is 54.2 Å². The number of hydrogen-bond donors (Lipinski definition) is 0. The van der Waals surface area contributed by atoms with Crippen molar-refractivity contribution in [2.45, 2.75) is 32.6 Å². The van der Waals surface area contributed by atoms with Crippen molar-refractivity contribution in [1.29, 1.82) is 0 Å². The van der Waals surface area contributed by atoms with E-state index in [1.165, 1.54) is 22.3 Å². The lowest BCUT2D eigenvalue weighted by Crippen LogP contribution is -2.08. The van der Waals surface area contributed by atoms with E-state index in [0.717, 1.165) is 31.1 Å². The van der Waals surface area contributed by atoms with Crippen LogP contribution in [0.4, 0.5) is 0 Å². The number of benzene rings is 1. The fourth-order valence-corrected chi connectivity index (χ4v) is 2.50. The summed E-state index contributed by atoms with van der Waals surface area (Å²) in [6.07, 6.45) is 10.5. The maximum Gasteiger partial charge on any atom is 0.113 e. The lowest BCUT2D eigenvalue weighted by atomic mass is 9.85. The molecule has 1 aliphatic rings. The van der Waals surface area contributed by atoms with E-state index < -0.39 is 0 Å². The monoisotopic (exact) mass is 234 g/mol. The molecule has 0 N–H and O–H groups in total. The van der Waals surface area contributed by atoms with Crippen LogP contribution in [0.5, 0.6) is 0 Å². The Hall–Kier alpha value is -1.50. The van der Waals surface area contributed by atoms with Crippen LogP contribution in [0, 0.1) is 0 Å². The number of hydrogen-bond acceptors (Lipinski definition) is 0. The Morgan fingerprint density at radius 3 is 2.67 bits per heavy atom. The van der Waals surface area contributed by atoms with Gasteiger partial charge in [-0.2, -0.15) is 0 Å². The predicted molar refractivity (Wildman–Crippen MR) is 80.5 cm³/mol. The first-order chi connectivity index (χ1) is 8.70. The van der Waals surface area contributed by atoms with Crippen molar-refractivity contribution in [3.05, 3.63) is 65.3 Å². The second-order valence-electron chi connectivity index (χ2n) is 4.93. The van der Waals surface area contributed by atoms with Crippen molar-refractivity contribution in [3.63, 3.8) is 0 Å². The Labute approximate surface area is 112 Å². The molecule has 0 atom stereocenters. The summed E-state index contributed by atoms with van der Waals surface area (Å²) in [6.45, 7) is 5.97. The maximum atomic E-state index is 5.87. The lowest BCUT2D eigenvalue weighted by molar-refractivity contribution is 0.833. The first kappa shape index (κ1) is 12.9. The summed E-state index contributed by atoms with van der Waals surface area (Å²) in [7, 11) is 5.87. The predicted octanol–water partition coefficient (Wildman–Crippen LogP) is 3.42. The van der Waals surface area contributed by atoms with Gasteiger partial charge in [0.15, 0.2) is 0 Å². The molecule has 0 aromatic heterocycles. The molecule has 2 rings (SSSR count). The Morgan fingerprint density at radius 2 is 1.89 bits per heavy atom. The molecule has 2 radical (unpaired) electrons. The summed E-state index contributed by atoms with van der Waals surface area (Å²) >= 11 is 0. The third-order valence-corrected chi connectivity index (χ3v) is 3.65. The minimum Gasteiger partial charge on any atom is -0.0991 e. The molecule has 0 saturated heterocycles. The molecule has 0 fully saturated rings. The van der Waals surface area contributed by atoms with Crippen molar-refractivity contribution >= 4 is 13.3 Å². The molecule has 1 aromatic carbocycles. The molecule has 1 aliphatic carbocycles. The van der Waals surface area contributed by atoms with E-state index in [9.17, 15) is 0 Å². The summed E-state index contributed by atoms with van der Waals surface area (Å²) in [5, 5.41) is 0. The quantitative estimate of drug-likeness (QED) is 0.543. The highest BCUT2D eigenvalue weighted by Crippen LogP contribution is 2.24. The molecule has 1 heteroatoms. The van der Waals surface area contributed by atoms with E-state index in [1.54, 1.807) is 0 Å². The van der Waals surface area contributed by atoms with Gasteiger partial charge < -0.3 is 0 Å². The zero-order valence-electron chi connectivity index (χ0n) is 11.1. The molecule has 90 valence electrons. The van der Waals surface area contributed by atoms with Crippen LogP contribution in [0.1, 0.15) is 30.9 Å². The number of aryl methyl sites for hydroxylation is 2. The lowest BCUT2D eigenvalue weighted by Gasteiger charge is -2.17. The Kier molecular flexibility index (Phi) is 4.25. The van der Waals surface area contributed by atoms with Crippen molar-refractivity contribution < 1.29 is 0 Å². The first-order valence-electron chi connectivity index (χ1n) is 6.55. The van der Waals surface area contributed by atoms with Crippen molar-refractivity contribution in [2.24, 2.45) is 0 Å². The largest absolute Gasteiger partial charge is 0.113 e. The molecule has 0 aliphatic heterocycles. The molecule has 18 heavy (non-hydrogen) atoms. The van der Waals surface area contributed by atoms with Crippen LogP contribution in [0.3, 0.4) is 0 Å². The van der Waals surface area contributed by atoms with Crippen molar-refractivity contribution in [1.82, 2.24) is 0 Å². The third kappa shape index (κ3) is 3.04. The first-order valence-corrected chi connectivity index (χ1v) is 6.55. The molecular formula is C17H19B. The topological polar surface area (TPSA) is 0 Å². The molecule has 0 saturated carbocycles. The normalized spacial score (nSPS) is 20.3. The van der Waals surface area contributed by atoms with Crippen molar-refractivity contribution in [2.75, 3.05) is 0 Å². The van der Waals surface area contributed by atoms with E-state index in [4.69, 9.17) is 7.85 Å². The fraction of sp³-hybridized carbons (Fsp3) is 0.294. The van der Waals surface area contributed by atoms with Crippen molar-refractivity contribution in [3.8, 4) is 0 Å². The highest BCUT2D eigenvalue weighted by atomic mass is 14.1. The molecule has 0 nitrogen and oxygen atoms in total. The van der Waals surface area contributed by atoms with Gasteiger partial charge in [0.1, 0.15) is 7.85 Å². The van der Waals surface area contributed by atoms with E-state index in [0.29, 0.717) is 0 Å². The summed E-state index contributed by atoms with van der Waals surface area (Å²) in [5.74, 6) is 0. The van der Waals surface area contributed by atoms with E-state index >= 15 is 0 Å². The van der Waals surface area contributed by atoms with Gasteiger partial charge in [-0.3, -0.25) is 0 Å². The summed E-state index contributed by atoms with van der Waals surface area (Å²) in [6, 6.07) is 6.32. The van der Waals surface area contributed by atoms with E-state index in [1.807, 2.05) is 18.2 Å². The zero-order chi connectivity index (χ0) is 13.0. The van der Waals surface area contributed by atoms with Gasteiger partial charge in [-0.15, -0.1) is 0 Å². The second kappa shape index (κ2) is 5.90. The van der Waals surface area contributed by atoms with Crippen LogP contribution in [-0.4, -0.2) is 7.85 Å². The Balaban J connectivity index is 2.25. The summed E-state index contributed by atoms with van der Waals surface area (Å²) in [5.41, 5.74) is 6.68. The van der Waals surface area contributed by atoms with Gasteiger partial charge in [-0.25, -0.2) is 0 Å². The highest BCUT2D eigenvalue weighted by molar-refractivity contribution is 6.32. The number of rotatable bonds is 2. The molecular weight excluding hydrogens is 215 g/mol. The fourth-order valence-electron chi connectivity index (χ4n) is 2.50. The van der Waals surface area contributed by atoms with Gasteiger partial charge in [0.25, 0.3) is 0 Å². The van der Waals surface area contributed by atoms with Crippen LogP contribution >= 0.6 is 0 Å². The molecule has 0 heterocycles. The van der Waals surface area contributed by atoms with Gasteiger partial charge >= 0.3 is 0 Å². The highest BCUT2D eigenvalue weighted by Gasteiger charge is 2.10. The van der Waals surface area contributed by atoms with Gasteiger partial charge in [0, 0.05) is 0 Å². The van der Waals surface area contributed by atoms with Crippen LogP contribution < -0.4 is 5.46 Å². The van der Waals surface area contributed by atoms with Gasteiger partial charge in [-0.05, 0) is 49.3 Å². The van der Waals surface area contributed by atoms with Crippen LogP contribution in [0.25, 0.3) is 0 Å². The number of fused-ring (bicyclic) bond motifs is 1. The minimum absolute atomic E-state index is 0.873. The van der Waals surface area contributed by atoms with E-state index in [-0.39, 0.29) is 0 Å². The zero-order valence-corrected chi connectivity index (χ0v) is 11.1. The smallest absolute Gasteiger partial charge is 0.0991 e. The van der Waals surface area contributed by atoms with Gasteiger partial charge in [0.2, 0.25) is 0 Å². The third-order valence-electron chi connectivity index (χ3n) is 3.65. The SMILES string of the molecule is [B]c1ccc2c(c1)CCC(/C=C\C=C)=C(/C)CC2. The minimum atomic E-state index is 0.873. The van der Waals surface area contributed by atoms with Crippen LogP contribution in [0.2, 0.25) is 0 Å². The van der Waals surface area contributed by atoms with E-state index in [2.05, 4.69) is 31.7 Å². The van der Waals surface area contributed by atoms with Gasteiger partial charge in [-0.1, -0.05) is 54.0 Å². The number of allylic oxidation sites excluding steroid dienone is 5. The van der Waals surface area contributed by atoms with Crippen LogP contribution in [-0.2, 0) is 12.8 Å². The Bertz CT molecular complexity index is 506. The van der Waals surface area contributed by atoms with Gasteiger partial charge in [0.05, 0.1) is 0 Å².